The van der Waals surface area contributed by atoms with E-state index in [0.717, 1.165) is 10.9 Å². The Balaban J connectivity index is 1.60. The van der Waals surface area contributed by atoms with Crippen molar-refractivity contribution in [3.05, 3.63) is 65.9 Å². The van der Waals surface area contributed by atoms with Gasteiger partial charge in [-0.3, -0.25) is 9.59 Å². The third-order valence-electron chi connectivity index (χ3n) is 4.14. The predicted octanol–water partition coefficient (Wildman–Crippen LogP) is 3.80. The number of benzene rings is 2. The number of nitrogens with one attached hydrogen (secondary N) is 2. The fourth-order valence-electron chi connectivity index (χ4n) is 2.56. The number of hydrogen-bond donors (Lipinski definition) is 2. The molecule has 6 nitrogen and oxygen atoms in total. The maximum absolute atomic E-state index is 12.3. The SMILES string of the molecule is CC(C)C(=O)Nc1ccc(C(=O)COC(=O)c2c[nH]c3ccccc23)cc1. The van der Waals surface area contributed by atoms with Crippen molar-refractivity contribution in [1.29, 1.82) is 0 Å². The normalized spacial score (nSPS) is 10.8. The standard InChI is InChI=1S/C21H20N2O4/c1-13(2)20(25)23-15-9-7-14(8-10-15)19(24)12-27-21(26)17-11-22-18-6-4-3-5-16(17)18/h3-11,13,22H,12H2,1-2H3,(H,23,25). The molecule has 27 heavy (non-hydrogen) atoms. The molecule has 0 saturated heterocycles. The molecular formula is C21H20N2O4. The second-order valence-corrected chi connectivity index (χ2v) is 6.47. The number of aromatic amines is 1. The van der Waals surface area contributed by atoms with Gasteiger partial charge in [0.25, 0.3) is 0 Å². The lowest BCUT2D eigenvalue weighted by Gasteiger charge is -2.08. The summed E-state index contributed by atoms with van der Waals surface area (Å²) in [6, 6.07) is 13.9. The molecule has 1 aromatic heterocycles. The summed E-state index contributed by atoms with van der Waals surface area (Å²) in [7, 11) is 0. The minimum Gasteiger partial charge on any atom is -0.454 e. The highest BCUT2D eigenvalue weighted by Crippen LogP contribution is 2.18. The summed E-state index contributed by atoms with van der Waals surface area (Å²) in [5.74, 6) is -1.09. The first kappa shape index (κ1) is 18.4. The van der Waals surface area contributed by atoms with Gasteiger partial charge >= 0.3 is 5.97 Å². The van der Waals surface area contributed by atoms with E-state index in [4.69, 9.17) is 4.74 Å². The number of amides is 1. The second kappa shape index (κ2) is 7.86. The van der Waals surface area contributed by atoms with Gasteiger partial charge in [-0.2, -0.15) is 0 Å². The Morgan fingerprint density at radius 1 is 1.04 bits per heavy atom. The fourth-order valence-corrected chi connectivity index (χ4v) is 2.56. The lowest BCUT2D eigenvalue weighted by Crippen LogP contribution is -2.18. The van der Waals surface area contributed by atoms with Gasteiger partial charge in [-0.05, 0) is 30.3 Å². The third-order valence-corrected chi connectivity index (χ3v) is 4.14. The predicted molar refractivity (Wildman–Crippen MR) is 103 cm³/mol. The van der Waals surface area contributed by atoms with Gasteiger partial charge in [-0.25, -0.2) is 4.79 Å². The smallest absolute Gasteiger partial charge is 0.340 e. The summed E-state index contributed by atoms with van der Waals surface area (Å²) in [6.07, 6.45) is 1.57. The van der Waals surface area contributed by atoms with E-state index in [9.17, 15) is 14.4 Å². The summed E-state index contributed by atoms with van der Waals surface area (Å²) >= 11 is 0. The van der Waals surface area contributed by atoms with Crippen LogP contribution in [-0.4, -0.2) is 29.3 Å². The summed E-state index contributed by atoms with van der Waals surface area (Å²) in [6.45, 7) is 3.25. The molecule has 0 fully saturated rings. The van der Waals surface area contributed by atoms with E-state index >= 15 is 0 Å². The van der Waals surface area contributed by atoms with Crippen LogP contribution in [0.1, 0.15) is 34.6 Å². The van der Waals surface area contributed by atoms with E-state index in [-0.39, 0.29) is 24.2 Å². The van der Waals surface area contributed by atoms with Crippen LogP contribution in [0.3, 0.4) is 0 Å². The molecule has 0 aliphatic carbocycles. The molecule has 1 heterocycles. The molecule has 0 radical (unpaired) electrons. The van der Waals surface area contributed by atoms with E-state index in [1.807, 2.05) is 24.3 Å². The zero-order valence-corrected chi connectivity index (χ0v) is 15.1. The van der Waals surface area contributed by atoms with Gasteiger partial charge in [0.1, 0.15) is 0 Å². The molecule has 1 amide bonds. The van der Waals surface area contributed by atoms with Crippen LogP contribution >= 0.6 is 0 Å². The number of hydrogen-bond acceptors (Lipinski definition) is 4. The van der Waals surface area contributed by atoms with E-state index in [1.54, 1.807) is 44.3 Å². The molecule has 0 aliphatic heterocycles. The number of aromatic nitrogens is 1. The van der Waals surface area contributed by atoms with E-state index in [2.05, 4.69) is 10.3 Å². The average Bonchev–Trinajstić information content (AvgIpc) is 3.10. The number of rotatable bonds is 6. The molecule has 2 aromatic carbocycles. The number of H-pyrrole nitrogens is 1. The molecule has 3 aromatic rings. The maximum Gasteiger partial charge on any atom is 0.340 e. The van der Waals surface area contributed by atoms with Gasteiger partial charge in [0.2, 0.25) is 5.91 Å². The topological polar surface area (TPSA) is 88.3 Å². The molecule has 6 heteroatoms. The zero-order valence-electron chi connectivity index (χ0n) is 15.1. The quantitative estimate of drug-likeness (QED) is 0.514. The molecule has 0 aliphatic rings. The van der Waals surface area contributed by atoms with Crippen molar-refractivity contribution in [2.45, 2.75) is 13.8 Å². The zero-order chi connectivity index (χ0) is 19.4. The van der Waals surface area contributed by atoms with Gasteiger partial charge in [0.15, 0.2) is 12.4 Å². The molecule has 3 rings (SSSR count). The number of ether oxygens (including phenoxy) is 1. The Labute approximate surface area is 156 Å². The lowest BCUT2D eigenvalue weighted by atomic mass is 10.1. The monoisotopic (exact) mass is 364 g/mol. The van der Waals surface area contributed by atoms with Crippen molar-refractivity contribution in [3.8, 4) is 0 Å². The van der Waals surface area contributed by atoms with Gasteiger partial charge < -0.3 is 15.0 Å². The van der Waals surface area contributed by atoms with Crippen molar-refractivity contribution in [2.24, 2.45) is 5.92 Å². The summed E-state index contributed by atoms with van der Waals surface area (Å²) in [5, 5.41) is 3.50. The summed E-state index contributed by atoms with van der Waals surface area (Å²) in [5.41, 5.74) is 2.24. The highest BCUT2D eigenvalue weighted by atomic mass is 16.5. The van der Waals surface area contributed by atoms with Crippen LogP contribution in [0.25, 0.3) is 10.9 Å². The number of ketones is 1. The Morgan fingerprint density at radius 2 is 1.74 bits per heavy atom. The van der Waals surface area contributed by atoms with Crippen LogP contribution in [-0.2, 0) is 9.53 Å². The molecule has 0 unspecified atom stereocenters. The van der Waals surface area contributed by atoms with Crippen molar-refractivity contribution < 1.29 is 19.1 Å². The van der Waals surface area contributed by atoms with Crippen LogP contribution in [0.2, 0.25) is 0 Å². The van der Waals surface area contributed by atoms with Gasteiger partial charge in [-0.15, -0.1) is 0 Å². The highest BCUT2D eigenvalue weighted by molar-refractivity contribution is 6.05. The molecule has 0 saturated carbocycles. The number of carbonyl (C=O) groups is 3. The van der Waals surface area contributed by atoms with Crippen molar-refractivity contribution in [2.75, 3.05) is 11.9 Å². The lowest BCUT2D eigenvalue weighted by molar-refractivity contribution is -0.118. The third kappa shape index (κ3) is 4.23. The van der Waals surface area contributed by atoms with Crippen LogP contribution in [0.5, 0.6) is 0 Å². The Morgan fingerprint density at radius 3 is 2.44 bits per heavy atom. The molecule has 0 atom stereocenters. The highest BCUT2D eigenvalue weighted by Gasteiger charge is 2.16. The van der Waals surface area contributed by atoms with Gasteiger partial charge in [0, 0.05) is 34.3 Å². The Bertz CT molecular complexity index is 987. The molecule has 2 N–H and O–H groups in total. The van der Waals surface area contributed by atoms with Crippen LogP contribution in [0.15, 0.2) is 54.7 Å². The number of anilines is 1. The molecule has 138 valence electrons. The van der Waals surface area contributed by atoms with Crippen molar-refractivity contribution in [1.82, 2.24) is 4.98 Å². The van der Waals surface area contributed by atoms with E-state index in [1.165, 1.54) is 0 Å². The summed E-state index contributed by atoms with van der Waals surface area (Å²) < 4.78 is 5.16. The van der Waals surface area contributed by atoms with E-state index in [0.29, 0.717) is 16.8 Å². The number of para-hydroxylation sites is 1. The minimum absolute atomic E-state index is 0.0956. The van der Waals surface area contributed by atoms with Crippen LogP contribution in [0, 0.1) is 5.92 Å². The van der Waals surface area contributed by atoms with Crippen molar-refractivity contribution in [3.63, 3.8) is 0 Å². The van der Waals surface area contributed by atoms with Crippen LogP contribution in [0.4, 0.5) is 5.69 Å². The Kier molecular flexibility index (Phi) is 5.35. The first-order chi connectivity index (χ1) is 13.0. The number of esters is 1. The van der Waals surface area contributed by atoms with Gasteiger partial charge in [0.05, 0.1) is 5.56 Å². The number of Topliss-reactive ketones (excluding diaryl/α,β-unsaturated/α-hetero) is 1. The number of fused-ring (bicyclic) bond motifs is 1. The molecule has 0 spiro atoms. The average molecular weight is 364 g/mol. The van der Waals surface area contributed by atoms with Gasteiger partial charge in [-0.1, -0.05) is 32.0 Å². The molecule has 0 bridgehead atoms. The number of carbonyl (C=O) groups excluding carboxylic acids is 3. The first-order valence-corrected chi connectivity index (χ1v) is 8.63. The van der Waals surface area contributed by atoms with E-state index < -0.39 is 5.97 Å². The Hall–Kier alpha value is -3.41. The maximum atomic E-state index is 12.3. The fraction of sp³-hybridized carbons (Fsp3) is 0.190. The largest absolute Gasteiger partial charge is 0.454 e. The molecular weight excluding hydrogens is 344 g/mol. The van der Waals surface area contributed by atoms with Crippen molar-refractivity contribution >= 4 is 34.3 Å². The first-order valence-electron chi connectivity index (χ1n) is 8.63. The van der Waals surface area contributed by atoms with Crippen LogP contribution < -0.4 is 5.32 Å². The minimum atomic E-state index is -0.554. The second-order valence-electron chi connectivity index (χ2n) is 6.47. The summed E-state index contributed by atoms with van der Waals surface area (Å²) in [4.78, 5) is 39.2.